The van der Waals surface area contributed by atoms with Crippen LogP contribution in [0.3, 0.4) is 0 Å². The van der Waals surface area contributed by atoms with Gasteiger partial charge in [-0.3, -0.25) is 9.69 Å². The van der Waals surface area contributed by atoms with Gasteiger partial charge < -0.3 is 20.3 Å². The lowest BCUT2D eigenvalue weighted by atomic mass is 10.2. The largest absolute Gasteiger partial charge is 0.412 e. The number of nitrogens with one attached hydrogen (secondary N) is 2. The van der Waals surface area contributed by atoms with E-state index in [4.69, 9.17) is 9.73 Å². The number of nitrogens with zero attached hydrogens (tertiary/aromatic N) is 4. The van der Waals surface area contributed by atoms with E-state index < -0.39 is 6.09 Å². The standard InChI is InChI=1S/C30H28N6O3S2/c1-4-32-22-13-11-20(17-31)15-23(22)34-29-36(18-19-9-7-6-8-10-19)27(37)26(41-29)28-35(3)24-16-21(12-14-25(24)40-28)39-30(38)33-5-2/h6-16,32H,4-5,18H2,1-3H3,(H,33,38)/b28-26-,34-29?. The zero-order chi connectivity index (χ0) is 28.9. The summed E-state index contributed by atoms with van der Waals surface area (Å²) in [5, 5.41) is 16.7. The summed E-state index contributed by atoms with van der Waals surface area (Å²) in [5.41, 5.74) is 3.67. The van der Waals surface area contributed by atoms with Crippen molar-refractivity contribution < 1.29 is 14.3 Å². The summed E-state index contributed by atoms with van der Waals surface area (Å²) in [6.45, 7) is 5.32. The molecule has 1 fully saturated rings. The molecule has 0 aliphatic carbocycles. The predicted molar refractivity (Wildman–Crippen MR) is 164 cm³/mol. The van der Waals surface area contributed by atoms with E-state index in [2.05, 4.69) is 16.7 Å². The van der Waals surface area contributed by atoms with E-state index in [-0.39, 0.29) is 5.91 Å². The molecule has 0 spiro atoms. The molecule has 0 atom stereocenters. The molecule has 3 aromatic carbocycles. The summed E-state index contributed by atoms with van der Waals surface area (Å²) in [4.78, 5) is 36.0. The van der Waals surface area contributed by atoms with Gasteiger partial charge in [0, 0.05) is 31.1 Å². The van der Waals surface area contributed by atoms with Gasteiger partial charge in [0.05, 0.1) is 40.3 Å². The Morgan fingerprint density at radius 1 is 1.05 bits per heavy atom. The fraction of sp³-hybridized carbons (Fsp3) is 0.200. The quantitative estimate of drug-likeness (QED) is 0.313. The van der Waals surface area contributed by atoms with Crippen LogP contribution in [-0.4, -0.2) is 42.2 Å². The average Bonchev–Trinajstić information content (AvgIpc) is 3.45. The van der Waals surface area contributed by atoms with Crippen molar-refractivity contribution in [3.05, 3.63) is 87.8 Å². The van der Waals surface area contributed by atoms with Crippen molar-refractivity contribution in [2.75, 3.05) is 30.4 Å². The van der Waals surface area contributed by atoms with Gasteiger partial charge in [-0.2, -0.15) is 5.26 Å². The minimum absolute atomic E-state index is 0.153. The maximum atomic E-state index is 14.0. The number of aliphatic imine (C=N–C) groups is 1. The number of fused-ring (bicyclic) bond motifs is 1. The van der Waals surface area contributed by atoms with Crippen LogP contribution >= 0.6 is 23.5 Å². The Kier molecular flexibility index (Phi) is 8.52. The minimum Gasteiger partial charge on any atom is -0.410 e. The number of anilines is 2. The van der Waals surface area contributed by atoms with E-state index in [1.165, 1.54) is 23.5 Å². The minimum atomic E-state index is -0.518. The van der Waals surface area contributed by atoms with Crippen LogP contribution in [0.25, 0.3) is 0 Å². The van der Waals surface area contributed by atoms with Gasteiger partial charge in [0.15, 0.2) is 5.17 Å². The molecule has 9 nitrogen and oxygen atoms in total. The second kappa shape index (κ2) is 12.4. The van der Waals surface area contributed by atoms with Gasteiger partial charge in [-0.15, -0.1) is 0 Å². The second-order valence-electron chi connectivity index (χ2n) is 9.09. The molecule has 41 heavy (non-hydrogen) atoms. The SMILES string of the molecule is CCNC(=O)Oc1ccc2c(c1)N(C)/C(=C1/SC(=Nc3cc(C#N)ccc3NCC)N(Cc3ccccc3)C1=O)S2. The van der Waals surface area contributed by atoms with Crippen LogP contribution in [-0.2, 0) is 11.3 Å². The lowest BCUT2D eigenvalue weighted by Crippen LogP contribution is -2.29. The van der Waals surface area contributed by atoms with Crippen LogP contribution in [0.15, 0.2) is 86.6 Å². The van der Waals surface area contributed by atoms with Crippen LogP contribution in [0.5, 0.6) is 5.75 Å². The number of carbonyl (C=O) groups excluding carboxylic acids is 2. The van der Waals surface area contributed by atoms with Gasteiger partial charge in [0.1, 0.15) is 10.7 Å². The summed E-state index contributed by atoms with van der Waals surface area (Å²) in [7, 11) is 1.89. The van der Waals surface area contributed by atoms with E-state index in [9.17, 15) is 14.9 Å². The van der Waals surface area contributed by atoms with Crippen molar-refractivity contribution in [2.24, 2.45) is 4.99 Å². The first-order valence-electron chi connectivity index (χ1n) is 13.1. The van der Waals surface area contributed by atoms with Gasteiger partial charge in [-0.1, -0.05) is 42.1 Å². The Labute approximate surface area is 247 Å². The van der Waals surface area contributed by atoms with E-state index in [0.29, 0.717) is 46.7 Å². The monoisotopic (exact) mass is 584 g/mol. The molecule has 0 saturated carbocycles. The lowest BCUT2D eigenvalue weighted by molar-refractivity contribution is -0.122. The highest BCUT2D eigenvalue weighted by Crippen LogP contribution is 2.51. The molecule has 2 amide bonds. The zero-order valence-corrected chi connectivity index (χ0v) is 24.4. The molecular formula is C30H28N6O3S2. The topological polar surface area (TPSA) is 110 Å². The number of nitriles is 1. The van der Waals surface area contributed by atoms with Crippen LogP contribution in [0.4, 0.5) is 21.9 Å². The van der Waals surface area contributed by atoms with Crippen molar-refractivity contribution in [3.8, 4) is 11.8 Å². The normalized spacial score (nSPS) is 17.0. The van der Waals surface area contributed by atoms with E-state index in [1.54, 1.807) is 29.2 Å². The highest BCUT2D eigenvalue weighted by molar-refractivity contribution is 8.19. The summed E-state index contributed by atoms with van der Waals surface area (Å²) >= 11 is 2.80. The fourth-order valence-electron chi connectivity index (χ4n) is 4.34. The number of benzene rings is 3. The van der Waals surface area contributed by atoms with Crippen LogP contribution in [0, 0.1) is 11.3 Å². The molecule has 11 heteroatoms. The van der Waals surface area contributed by atoms with Gasteiger partial charge in [0.25, 0.3) is 5.91 Å². The smallest absolute Gasteiger partial charge is 0.410 e. The maximum Gasteiger partial charge on any atom is 0.412 e. The molecule has 2 aliphatic heterocycles. The number of carbonyl (C=O) groups is 2. The highest BCUT2D eigenvalue weighted by Gasteiger charge is 2.39. The Bertz CT molecular complexity index is 1600. The number of rotatable bonds is 7. The average molecular weight is 585 g/mol. The predicted octanol–water partition coefficient (Wildman–Crippen LogP) is 6.27. The van der Waals surface area contributed by atoms with E-state index in [1.807, 2.05) is 68.3 Å². The number of amides is 2. The van der Waals surface area contributed by atoms with Crippen molar-refractivity contribution in [2.45, 2.75) is 25.3 Å². The van der Waals surface area contributed by atoms with Crippen LogP contribution < -0.4 is 20.3 Å². The lowest BCUT2D eigenvalue weighted by Gasteiger charge is -2.17. The molecule has 0 radical (unpaired) electrons. The summed E-state index contributed by atoms with van der Waals surface area (Å²) in [6, 6.07) is 22.7. The second-order valence-corrected chi connectivity index (χ2v) is 11.1. The van der Waals surface area contributed by atoms with Gasteiger partial charge in [0.2, 0.25) is 0 Å². The number of hydrogen-bond donors (Lipinski definition) is 2. The maximum absolute atomic E-state index is 14.0. The van der Waals surface area contributed by atoms with Gasteiger partial charge >= 0.3 is 6.09 Å². The first-order valence-corrected chi connectivity index (χ1v) is 14.7. The molecule has 0 bridgehead atoms. The third-order valence-electron chi connectivity index (χ3n) is 6.29. The molecule has 1 saturated heterocycles. The van der Waals surface area contributed by atoms with Gasteiger partial charge in [-0.05, 0) is 61.5 Å². The summed E-state index contributed by atoms with van der Waals surface area (Å²) in [6.07, 6.45) is -0.518. The number of amidine groups is 1. The molecule has 2 N–H and O–H groups in total. The molecule has 0 unspecified atom stereocenters. The fourth-order valence-corrected chi connectivity index (χ4v) is 6.65. The Hall–Kier alpha value is -4.40. The van der Waals surface area contributed by atoms with Crippen molar-refractivity contribution in [1.29, 1.82) is 5.26 Å². The van der Waals surface area contributed by atoms with Crippen LogP contribution in [0.1, 0.15) is 25.0 Å². The Morgan fingerprint density at radius 2 is 1.85 bits per heavy atom. The summed E-state index contributed by atoms with van der Waals surface area (Å²) in [5.74, 6) is 0.264. The summed E-state index contributed by atoms with van der Waals surface area (Å²) < 4.78 is 5.40. The first kappa shape index (κ1) is 28.1. The van der Waals surface area contributed by atoms with Gasteiger partial charge in [-0.25, -0.2) is 9.79 Å². The Balaban J connectivity index is 1.53. The molecule has 3 aromatic rings. The Morgan fingerprint density at radius 3 is 2.59 bits per heavy atom. The van der Waals surface area contributed by atoms with E-state index >= 15 is 0 Å². The zero-order valence-electron chi connectivity index (χ0n) is 22.8. The molecule has 2 heterocycles. The molecule has 2 aliphatic rings. The molecule has 5 rings (SSSR count). The van der Waals surface area contributed by atoms with Crippen molar-refractivity contribution in [3.63, 3.8) is 0 Å². The highest BCUT2D eigenvalue weighted by atomic mass is 32.2. The first-order chi connectivity index (χ1) is 19.9. The van der Waals surface area contributed by atoms with Crippen molar-refractivity contribution >= 4 is 57.8 Å². The van der Waals surface area contributed by atoms with Crippen molar-refractivity contribution in [1.82, 2.24) is 10.2 Å². The third kappa shape index (κ3) is 6.04. The number of thioether (sulfide) groups is 2. The van der Waals surface area contributed by atoms with Crippen LogP contribution in [0.2, 0.25) is 0 Å². The number of hydrogen-bond acceptors (Lipinski definition) is 9. The molecular weight excluding hydrogens is 557 g/mol. The number of ether oxygens (including phenoxy) is 1. The molecule has 208 valence electrons. The molecule has 0 aromatic heterocycles. The third-order valence-corrected chi connectivity index (χ3v) is 8.72. The van der Waals surface area contributed by atoms with E-state index in [0.717, 1.165) is 26.9 Å².